The van der Waals surface area contributed by atoms with E-state index in [9.17, 15) is 0 Å². The second kappa shape index (κ2) is 8.54. The molecule has 7 aromatic rings. The Bertz CT molecular complexity index is 2230. The fourth-order valence-electron chi connectivity index (χ4n) is 6.48. The van der Waals surface area contributed by atoms with Gasteiger partial charge < -0.3 is 24.4 Å². The van der Waals surface area contributed by atoms with Crippen molar-refractivity contribution in [3.63, 3.8) is 0 Å². The lowest BCUT2D eigenvalue weighted by atomic mass is 10.00. The summed E-state index contributed by atoms with van der Waals surface area (Å²) in [4.78, 5) is 2.36. The van der Waals surface area contributed by atoms with E-state index in [2.05, 4.69) is 107 Å². The maximum absolute atomic E-state index is 6.32. The van der Waals surface area contributed by atoms with Crippen LogP contribution in [0.1, 0.15) is 22.6 Å². The number of furan rings is 2. The highest BCUT2D eigenvalue weighted by Gasteiger charge is 2.24. The Hall–Kier alpha value is -5.42. The van der Waals surface area contributed by atoms with Gasteiger partial charge in [-0.05, 0) is 76.2 Å². The van der Waals surface area contributed by atoms with Gasteiger partial charge in [0, 0.05) is 58.8 Å². The Morgan fingerprint density at radius 2 is 1.29 bits per heavy atom. The molecule has 0 saturated carbocycles. The molecule has 2 N–H and O–H groups in total. The van der Waals surface area contributed by atoms with Crippen molar-refractivity contribution in [1.82, 2.24) is 10.6 Å². The van der Waals surface area contributed by atoms with Crippen molar-refractivity contribution < 1.29 is 8.83 Å². The Kier molecular flexibility index (Phi) is 4.66. The third-order valence-electron chi connectivity index (χ3n) is 8.38. The molecule has 2 aliphatic heterocycles. The summed E-state index contributed by atoms with van der Waals surface area (Å²) in [6.07, 6.45) is 7.91. The quantitative estimate of drug-likeness (QED) is 0.223. The molecule has 196 valence electrons. The van der Waals surface area contributed by atoms with Gasteiger partial charge in [0.1, 0.15) is 22.7 Å². The second-order valence-electron chi connectivity index (χ2n) is 10.7. The summed E-state index contributed by atoms with van der Waals surface area (Å²) in [5.41, 5.74) is 7.37. The van der Waals surface area contributed by atoms with E-state index in [1.165, 1.54) is 32.7 Å². The van der Waals surface area contributed by atoms with Gasteiger partial charge >= 0.3 is 0 Å². The molecule has 0 fully saturated rings. The molecule has 0 aliphatic carbocycles. The topological polar surface area (TPSA) is 53.6 Å². The summed E-state index contributed by atoms with van der Waals surface area (Å²) in [7, 11) is 0. The van der Waals surface area contributed by atoms with Gasteiger partial charge in [0.25, 0.3) is 0 Å². The summed E-state index contributed by atoms with van der Waals surface area (Å²) in [6, 6.07) is 32.6. The largest absolute Gasteiger partial charge is 0.456 e. The minimum Gasteiger partial charge on any atom is -0.456 e. The Balaban J connectivity index is 1.32. The number of nitrogens with one attached hydrogen (secondary N) is 2. The van der Waals surface area contributed by atoms with Crippen molar-refractivity contribution in [3.05, 3.63) is 126 Å². The molecule has 0 unspecified atom stereocenters. The summed E-state index contributed by atoms with van der Waals surface area (Å²) in [5, 5.41) is 13.9. The van der Waals surface area contributed by atoms with Crippen molar-refractivity contribution in [1.29, 1.82) is 0 Å². The highest BCUT2D eigenvalue weighted by Crippen LogP contribution is 2.45. The summed E-state index contributed by atoms with van der Waals surface area (Å²) in [5.74, 6) is 1.83. The molecular weight excluding hydrogens is 506 g/mol. The van der Waals surface area contributed by atoms with Crippen LogP contribution in [0.5, 0.6) is 0 Å². The third kappa shape index (κ3) is 3.36. The number of nitrogens with zero attached hydrogens (tertiary/aromatic N) is 1. The lowest BCUT2D eigenvalue weighted by molar-refractivity contribution is 0.591. The maximum Gasteiger partial charge on any atom is 0.137 e. The molecule has 0 radical (unpaired) electrons. The van der Waals surface area contributed by atoms with Crippen molar-refractivity contribution in [3.8, 4) is 0 Å². The zero-order valence-corrected chi connectivity index (χ0v) is 22.1. The van der Waals surface area contributed by atoms with Gasteiger partial charge in [0.05, 0.1) is 5.69 Å². The van der Waals surface area contributed by atoms with E-state index in [0.717, 1.165) is 63.6 Å². The van der Waals surface area contributed by atoms with Gasteiger partial charge in [0.2, 0.25) is 0 Å². The smallest absolute Gasteiger partial charge is 0.137 e. The molecule has 9 rings (SSSR count). The van der Waals surface area contributed by atoms with Gasteiger partial charge in [-0.1, -0.05) is 48.5 Å². The SMILES string of the molecule is C1=Cc2oc3ccc(N(c4ccc5c(ccc6ccccc65)c4)c4cccc5oc6c(c45)CNC=C6)cc3c2CN1. The van der Waals surface area contributed by atoms with E-state index >= 15 is 0 Å². The Morgan fingerprint density at radius 1 is 0.561 bits per heavy atom. The second-order valence-corrected chi connectivity index (χ2v) is 10.7. The maximum atomic E-state index is 6.32. The first-order valence-corrected chi connectivity index (χ1v) is 13.9. The Morgan fingerprint density at radius 3 is 2.22 bits per heavy atom. The number of hydrogen-bond acceptors (Lipinski definition) is 5. The summed E-state index contributed by atoms with van der Waals surface area (Å²) >= 11 is 0. The predicted octanol–water partition coefficient (Wildman–Crippen LogP) is 9.10. The van der Waals surface area contributed by atoms with Crippen LogP contribution in [-0.2, 0) is 13.1 Å². The summed E-state index contributed by atoms with van der Waals surface area (Å²) < 4.78 is 12.5. The van der Waals surface area contributed by atoms with Gasteiger partial charge in [0.15, 0.2) is 0 Å². The van der Waals surface area contributed by atoms with Crippen LogP contribution < -0.4 is 15.5 Å². The van der Waals surface area contributed by atoms with Gasteiger partial charge in [-0.2, -0.15) is 0 Å². The van der Waals surface area contributed by atoms with Gasteiger partial charge in [-0.15, -0.1) is 0 Å². The first-order chi connectivity index (χ1) is 20.3. The molecular formula is C36H25N3O2. The number of rotatable bonds is 3. The van der Waals surface area contributed by atoms with Crippen LogP contribution in [0.15, 0.2) is 112 Å². The van der Waals surface area contributed by atoms with E-state index in [1.54, 1.807) is 0 Å². The minimum atomic E-state index is 0.722. The number of anilines is 3. The lowest BCUT2D eigenvalue weighted by Crippen LogP contribution is -2.13. The average molecular weight is 532 g/mol. The Labute approximate surface area is 236 Å². The lowest BCUT2D eigenvalue weighted by Gasteiger charge is -2.27. The van der Waals surface area contributed by atoms with Crippen LogP contribution in [0.25, 0.3) is 55.6 Å². The van der Waals surface area contributed by atoms with Crippen LogP contribution in [-0.4, -0.2) is 0 Å². The van der Waals surface area contributed by atoms with Crippen LogP contribution >= 0.6 is 0 Å². The minimum absolute atomic E-state index is 0.722. The molecule has 0 bridgehead atoms. The van der Waals surface area contributed by atoms with E-state index in [0.29, 0.717) is 0 Å². The molecule has 2 aromatic heterocycles. The highest BCUT2D eigenvalue weighted by atomic mass is 16.3. The van der Waals surface area contributed by atoms with Crippen molar-refractivity contribution in [2.45, 2.75) is 13.1 Å². The molecule has 0 saturated heterocycles. The molecule has 0 amide bonds. The molecule has 5 nitrogen and oxygen atoms in total. The van der Waals surface area contributed by atoms with Crippen LogP contribution in [0, 0.1) is 0 Å². The monoisotopic (exact) mass is 531 g/mol. The van der Waals surface area contributed by atoms with Crippen molar-refractivity contribution in [2.75, 3.05) is 4.90 Å². The van der Waals surface area contributed by atoms with Crippen molar-refractivity contribution in [2.24, 2.45) is 0 Å². The average Bonchev–Trinajstić information content (AvgIpc) is 3.60. The van der Waals surface area contributed by atoms with E-state index < -0.39 is 0 Å². The fraction of sp³-hybridized carbons (Fsp3) is 0.0556. The van der Waals surface area contributed by atoms with E-state index in [4.69, 9.17) is 8.83 Å². The van der Waals surface area contributed by atoms with E-state index in [1.807, 2.05) is 24.6 Å². The van der Waals surface area contributed by atoms with Crippen LogP contribution in [0.4, 0.5) is 17.1 Å². The number of hydrogen-bond donors (Lipinski definition) is 2. The van der Waals surface area contributed by atoms with Crippen LogP contribution in [0.2, 0.25) is 0 Å². The van der Waals surface area contributed by atoms with E-state index in [-0.39, 0.29) is 0 Å². The van der Waals surface area contributed by atoms with Crippen LogP contribution in [0.3, 0.4) is 0 Å². The third-order valence-corrected chi connectivity index (χ3v) is 8.38. The molecule has 4 heterocycles. The normalized spacial score (nSPS) is 13.9. The predicted molar refractivity (Wildman–Crippen MR) is 167 cm³/mol. The van der Waals surface area contributed by atoms with Gasteiger partial charge in [-0.25, -0.2) is 0 Å². The molecule has 0 spiro atoms. The molecule has 5 aromatic carbocycles. The summed E-state index contributed by atoms with van der Waals surface area (Å²) in [6.45, 7) is 1.47. The highest BCUT2D eigenvalue weighted by molar-refractivity contribution is 6.09. The first kappa shape index (κ1) is 22.4. The zero-order chi connectivity index (χ0) is 26.9. The van der Waals surface area contributed by atoms with Gasteiger partial charge in [-0.3, -0.25) is 0 Å². The standard InChI is InChI=1S/C36H25N3O2/c1-2-5-26-22(4-1)8-9-23-18-24(10-12-27(23)26)39(25-11-13-32-28(19-25)29-20-37-16-14-33(29)40-32)31-6-3-7-35-36(31)30-21-38-17-15-34(30)41-35/h1-19,37-38H,20-21H2. The molecule has 0 atom stereocenters. The number of benzene rings is 5. The van der Waals surface area contributed by atoms with Crippen molar-refractivity contribution >= 4 is 72.7 Å². The molecule has 5 heteroatoms. The first-order valence-electron chi connectivity index (χ1n) is 13.9. The zero-order valence-electron chi connectivity index (χ0n) is 22.1. The molecule has 2 aliphatic rings. The number of fused-ring (bicyclic) bond motifs is 9. The molecule has 41 heavy (non-hydrogen) atoms. The fourth-order valence-corrected chi connectivity index (χ4v) is 6.48.